The lowest BCUT2D eigenvalue weighted by Gasteiger charge is -2.38. The molecule has 1 aliphatic heterocycles. The van der Waals surface area contributed by atoms with Crippen molar-refractivity contribution >= 4 is 11.0 Å². The number of fused-ring (bicyclic) bond motifs is 1. The van der Waals surface area contributed by atoms with Crippen molar-refractivity contribution in [2.24, 2.45) is 0 Å². The van der Waals surface area contributed by atoms with Crippen LogP contribution in [0.3, 0.4) is 0 Å². The number of aromatic nitrogens is 4. The van der Waals surface area contributed by atoms with Crippen molar-refractivity contribution in [3.8, 4) is 11.1 Å². The van der Waals surface area contributed by atoms with Gasteiger partial charge in [-0.1, -0.05) is 11.2 Å². The van der Waals surface area contributed by atoms with Crippen LogP contribution in [0.4, 0.5) is 0 Å². The fourth-order valence-electron chi connectivity index (χ4n) is 5.32. The van der Waals surface area contributed by atoms with E-state index in [1.165, 1.54) is 0 Å². The monoisotopic (exact) mass is 458 g/mol. The van der Waals surface area contributed by atoms with Gasteiger partial charge in [0.2, 0.25) is 0 Å². The number of aromatic amines is 1. The molecule has 0 radical (unpaired) electrons. The molecule has 7 heteroatoms. The fraction of sp³-hybridized carbons (Fsp3) is 0.444. The van der Waals surface area contributed by atoms with Gasteiger partial charge in [0.25, 0.3) is 0 Å². The van der Waals surface area contributed by atoms with E-state index in [0.717, 1.165) is 77.2 Å². The Hall–Kier alpha value is -3.03. The molecule has 0 amide bonds. The summed E-state index contributed by atoms with van der Waals surface area (Å²) in [6.07, 6.45) is 4.61. The number of pyridine rings is 1. The van der Waals surface area contributed by atoms with Crippen molar-refractivity contribution in [3.63, 3.8) is 0 Å². The van der Waals surface area contributed by atoms with Crippen molar-refractivity contribution in [3.05, 3.63) is 64.6 Å². The number of H-pyrrole nitrogens is 1. The van der Waals surface area contributed by atoms with E-state index in [4.69, 9.17) is 19.2 Å². The number of nitrogens with zero attached hydrogens (tertiary/aromatic N) is 3. The highest BCUT2D eigenvalue weighted by molar-refractivity contribution is 5.87. The standard InChI is InChI=1S/C27H30N4O3/c1-15-7-6-8-22(28-15)27(32,23-9-4-5-12-33-23)20-13-19(24-16(2)31-34-17(24)3)14-21-25(20)30-26(29-21)18-10-11-18/h6-8,13-14,18,23,32H,4-5,9-12H2,1-3H3,(H,29,30). The van der Waals surface area contributed by atoms with Crippen LogP contribution < -0.4 is 0 Å². The van der Waals surface area contributed by atoms with Crippen LogP contribution in [0.15, 0.2) is 34.9 Å². The maximum atomic E-state index is 12.6. The lowest BCUT2D eigenvalue weighted by molar-refractivity contribution is -0.111. The molecule has 2 N–H and O–H groups in total. The van der Waals surface area contributed by atoms with Gasteiger partial charge in [0.05, 0.1) is 28.5 Å². The van der Waals surface area contributed by atoms with Crippen LogP contribution in [-0.4, -0.2) is 37.9 Å². The Kier molecular flexibility index (Phi) is 5.08. The number of aliphatic hydroxyl groups is 1. The smallest absolute Gasteiger partial charge is 0.159 e. The molecule has 2 aliphatic rings. The molecule has 3 aromatic heterocycles. The summed E-state index contributed by atoms with van der Waals surface area (Å²) in [5.74, 6) is 2.19. The molecule has 4 heterocycles. The fourth-order valence-corrected chi connectivity index (χ4v) is 5.32. The van der Waals surface area contributed by atoms with Gasteiger partial charge >= 0.3 is 0 Å². The van der Waals surface area contributed by atoms with Crippen molar-refractivity contribution < 1.29 is 14.4 Å². The van der Waals surface area contributed by atoms with Gasteiger partial charge < -0.3 is 19.4 Å². The summed E-state index contributed by atoms with van der Waals surface area (Å²) in [5, 5.41) is 16.8. The summed E-state index contributed by atoms with van der Waals surface area (Å²) in [7, 11) is 0. The second kappa shape index (κ2) is 8.03. The summed E-state index contributed by atoms with van der Waals surface area (Å²) >= 11 is 0. The summed E-state index contributed by atoms with van der Waals surface area (Å²) in [6, 6.07) is 9.92. The predicted molar refractivity (Wildman–Crippen MR) is 129 cm³/mol. The Morgan fingerprint density at radius 2 is 1.91 bits per heavy atom. The van der Waals surface area contributed by atoms with Gasteiger partial charge in [-0.05, 0) is 82.7 Å². The van der Waals surface area contributed by atoms with E-state index in [1.54, 1.807) is 0 Å². The molecule has 176 valence electrons. The first kappa shape index (κ1) is 21.5. The largest absolute Gasteiger partial charge is 0.376 e. The number of benzene rings is 1. The zero-order chi connectivity index (χ0) is 23.4. The average Bonchev–Trinajstić information content (AvgIpc) is 3.52. The third kappa shape index (κ3) is 3.46. The third-order valence-electron chi connectivity index (χ3n) is 7.23. The number of aryl methyl sites for hydroxylation is 3. The van der Waals surface area contributed by atoms with Gasteiger partial charge in [-0.25, -0.2) is 4.98 Å². The Balaban J connectivity index is 1.65. The minimum absolute atomic E-state index is 0.417. The Morgan fingerprint density at radius 3 is 2.59 bits per heavy atom. The number of nitrogens with one attached hydrogen (secondary N) is 1. The first-order valence-electron chi connectivity index (χ1n) is 12.2. The average molecular weight is 459 g/mol. The maximum Gasteiger partial charge on any atom is 0.159 e. The van der Waals surface area contributed by atoms with Crippen molar-refractivity contribution in [1.82, 2.24) is 20.1 Å². The lowest BCUT2D eigenvalue weighted by atomic mass is 9.79. The molecule has 1 saturated heterocycles. The quantitative estimate of drug-likeness (QED) is 0.426. The molecule has 0 bridgehead atoms. The van der Waals surface area contributed by atoms with Gasteiger partial charge in [-0.2, -0.15) is 0 Å². The van der Waals surface area contributed by atoms with Crippen LogP contribution in [0.25, 0.3) is 22.2 Å². The molecule has 34 heavy (non-hydrogen) atoms. The second-order valence-electron chi connectivity index (χ2n) is 9.80. The van der Waals surface area contributed by atoms with Crippen LogP contribution in [0.2, 0.25) is 0 Å². The summed E-state index contributed by atoms with van der Waals surface area (Å²) in [4.78, 5) is 13.3. The zero-order valence-electron chi connectivity index (χ0n) is 19.9. The molecular weight excluding hydrogens is 428 g/mol. The molecule has 2 unspecified atom stereocenters. The van der Waals surface area contributed by atoms with E-state index in [-0.39, 0.29) is 0 Å². The summed E-state index contributed by atoms with van der Waals surface area (Å²) < 4.78 is 11.7. The minimum atomic E-state index is -1.45. The van der Waals surface area contributed by atoms with Crippen LogP contribution in [0.5, 0.6) is 0 Å². The molecule has 2 fully saturated rings. The minimum Gasteiger partial charge on any atom is -0.376 e. The van der Waals surface area contributed by atoms with Gasteiger partial charge in [0, 0.05) is 29.3 Å². The first-order valence-corrected chi connectivity index (χ1v) is 12.2. The highest BCUT2D eigenvalue weighted by atomic mass is 16.5. The molecule has 1 saturated carbocycles. The number of ether oxygens (including phenoxy) is 1. The van der Waals surface area contributed by atoms with Crippen LogP contribution in [-0.2, 0) is 10.3 Å². The molecule has 0 spiro atoms. The Bertz CT molecular complexity index is 1340. The maximum absolute atomic E-state index is 12.6. The van der Waals surface area contributed by atoms with E-state index in [1.807, 2.05) is 45.0 Å². The highest BCUT2D eigenvalue weighted by Gasteiger charge is 2.45. The molecule has 6 rings (SSSR count). The van der Waals surface area contributed by atoms with Crippen LogP contribution >= 0.6 is 0 Å². The normalized spacial score (nSPS) is 20.5. The first-order chi connectivity index (χ1) is 16.4. The number of hydrogen-bond acceptors (Lipinski definition) is 6. The van der Waals surface area contributed by atoms with Gasteiger partial charge in [-0.15, -0.1) is 0 Å². The summed E-state index contributed by atoms with van der Waals surface area (Å²) in [6.45, 7) is 6.43. The Morgan fingerprint density at radius 1 is 1.06 bits per heavy atom. The SMILES string of the molecule is Cc1cccc(C(O)(c2cc(-c3c(C)noc3C)cc3[nH]c(C4CC4)nc23)C2CCCCO2)n1. The van der Waals surface area contributed by atoms with E-state index in [0.29, 0.717) is 23.8 Å². The predicted octanol–water partition coefficient (Wildman–Crippen LogP) is 5.22. The van der Waals surface area contributed by atoms with E-state index in [2.05, 4.69) is 16.2 Å². The molecular formula is C27H30N4O3. The van der Waals surface area contributed by atoms with E-state index >= 15 is 0 Å². The van der Waals surface area contributed by atoms with Crippen molar-refractivity contribution in [1.29, 1.82) is 0 Å². The molecule has 1 aliphatic carbocycles. The number of hydrogen-bond donors (Lipinski definition) is 2. The molecule has 7 nitrogen and oxygen atoms in total. The van der Waals surface area contributed by atoms with Gasteiger partial charge in [0.1, 0.15) is 11.6 Å². The topological polar surface area (TPSA) is 97.1 Å². The third-order valence-corrected chi connectivity index (χ3v) is 7.23. The molecule has 2 atom stereocenters. The number of rotatable bonds is 5. The van der Waals surface area contributed by atoms with Gasteiger partial charge in [-0.3, -0.25) is 4.98 Å². The Labute approximate surface area is 198 Å². The number of imidazole rings is 1. The summed E-state index contributed by atoms with van der Waals surface area (Å²) in [5.41, 5.74) is 5.08. The zero-order valence-corrected chi connectivity index (χ0v) is 19.9. The van der Waals surface area contributed by atoms with E-state index in [9.17, 15) is 5.11 Å². The molecule has 4 aromatic rings. The van der Waals surface area contributed by atoms with Crippen molar-refractivity contribution in [2.75, 3.05) is 6.61 Å². The molecule has 1 aromatic carbocycles. The van der Waals surface area contributed by atoms with Gasteiger partial charge in [0.15, 0.2) is 5.60 Å². The van der Waals surface area contributed by atoms with Crippen LogP contribution in [0.1, 0.15) is 72.3 Å². The highest BCUT2D eigenvalue weighted by Crippen LogP contribution is 2.45. The van der Waals surface area contributed by atoms with Crippen LogP contribution in [0, 0.1) is 20.8 Å². The van der Waals surface area contributed by atoms with E-state index < -0.39 is 11.7 Å². The second-order valence-corrected chi connectivity index (χ2v) is 9.80. The van der Waals surface area contributed by atoms with Crippen molar-refractivity contribution in [2.45, 2.75) is 70.5 Å². The lowest BCUT2D eigenvalue weighted by Crippen LogP contribution is -2.45.